The number of benzene rings is 1. The van der Waals surface area contributed by atoms with Gasteiger partial charge in [0.2, 0.25) is 0 Å². The molecule has 21 heavy (non-hydrogen) atoms. The molecule has 0 amide bonds. The maximum Gasteiger partial charge on any atom is 0.0674 e. The SMILES string of the molecule is CCCC[C@]1(O)CCN2C[C@@H](c3ccccc3)CC[C@@H]2C1. The summed E-state index contributed by atoms with van der Waals surface area (Å²) in [5, 5.41) is 10.8. The van der Waals surface area contributed by atoms with Gasteiger partial charge in [-0.25, -0.2) is 0 Å². The van der Waals surface area contributed by atoms with Gasteiger partial charge in [-0.05, 0) is 43.6 Å². The second kappa shape index (κ2) is 6.50. The Balaban J connectivity index is 1.60. The van der Waals surface area contributed by atoms with Crippen LogP contribution in [0.25, 0.3) is 0 Å². The summed E-state index contributed by atoms with van der Waals surface area (Å²) in [6, 6.07) is 11.6. The summed E-state index contributed by atoms with van der Waals surface area (Å²) in [5.41, 5.74) is 1.11. The summed E-state index contributed by atoms with van der Waals surface area (Å²) in [4.78, 5) is 2.64. The predicted octanol–water partition coefficient (Wildman–Crippen LogP) is 3.95. The van der Waals surface area contributed by atoms with Crippen LogP contribution in [0.4, 0.5) is 0 Å². The molecule has 2 fully saturated rings. The molecule has 0 aromatic heterocycles. The van der Waals surface area contributed by atoms with E-state index in [1.165, 1.54) is 31.4 Å². The van der Waals surface area contributed by atoms with Crippen LogP contribution in [0.2, 0.25) is 0 Å². The Morgan fingerprint density at radius 1 is 1.24 bits per heavy atom. The molecular weight excluding hydrogens is 258 g/mol. The van der Waals surface area contributed by atoms with Crippen LogP contribution in [-0.2, 0) is 0 Å². The first-order chi connectivity index (χ1) is 10.2. The minimum absolute atomic E-state index is 0.378. The molecule has 2 aliphatic rings. The molecular formula is C19H29NO. The highest BCUT2D eigenvalue weighted by Crippen LogP contribution is 2.39. The van der Waals surface area contributed by atoms with Crippen molar-refractivity contribution in [1.82, 2.24) is 4.90 Å². The first-order valence-electron chi connectivity index (χ1n) is 8.71. The van der Waals surface area contributed by atoms with Gasteiger partial charge >= 0.3 is 0 Å². The molecule has 0 aliphatic carbocycles. The molecule has 2 saturated heterocycles. The molecule has 116 valence electrons. The summed E-state index contributed by atoms with van der Waals surface area (Å²) < 4.78 is 0. The Hall–Kier alpha value is -0.860. The lowest BCUT2D eigenvalue weighted by Crippen LogP contribution is -2.53. The number of aliphatic hydroxyl groups is 1. The molecule has 2 heterocycles. The number of fused-ring (bicyclic) bond motifs is 1. The molecule has 2 heteroatoms. The first-order valence-corrected chi connectivity index (χ1v) is 8.71. The maximum atomic E-state index is 10.8. The van der Waals surface area contributed by atoms with Crippen molar-refractivity contribution in [3.8, 4) is 0 Å². The zero-order valence-electron chi connectivity index (χ0n) is 13.3. The van der Waals surface area contributed by atoms with Crippen LogP contribution in [0.15, 0.2) is 30.3 Å². The average molecular weight is 287 g/mol. The monoisotopic (exact) mass is 287 g/mol. The molecule has 2 aliphatic heterocycles. The van der Waals surface area contributed by atoms with Crippen LogP contribution < -0.4 is 0 Å². The minimum atomic E-state index is -0.378. The largest absolute Gasteiger partial charge is 0.390 e. The highest BCUT2D eigenvalue weighted by Gasteiger charge is 2.40. The van der Waals surface area contributed by atoms with Crippen molar-refractivity contribution in [3.05, 3.63) is 35.9 Å². The predicted molar refractivity (Wildman–Crippen MR) is 87.5 cm³/mol. The molecule has 0 bridgehead atoms. The third kappa shape index (κ3) is 3.49. The van der Waals surface area contributed by atoms with Crippen molar-refractivity contribution < 1.29 is 5.11 Å². The van der Waals surface area contributed by atoms with E-state index < -0.39 is 0 Å². The van der Waals surface area contributed by atoms with Crippen molar-refractivity contribution in [3.63, 3.8) is 0 Å². The van der Waals surface area contributed by atoms with Crippen molar-refractivity contribution in [2.75, 3.05) is 13.1 Å². The Kier molecular flexibility index (Phi) is 4.66. The molecule has 1 aromatic rings. The van der Waals surface area contributed by atoms with Crippen LogP contribution in [0.1, 0.15) is 63.4 Å². The van der Waals surface area contributed by atoms with Crippen LogP contribution in [0, 0.1) is 0 Å². The van der Waals surface area contributed by atoms with E-state index in [0.717, 1.165) is 32.2 Å². The molecule has 0 unspecified atom stereocenters. The minimum Gasteiger partial charge on any atom is -0.390 e. The van der Waals surface area contributed by atoms with E-state index in [2.05, 4.69) is 42.2 Å². The smallest absolute Gasteiger partial charge is 0.0674 e. The number of hydrogen-bond donors (Lipinski definition) is 1. The van der Waals surface area contributed by atoms with E-state index in [1.807, 2.05) is 0 Å². The zero-order valence-corrected chi connectivity index (χ0v) is 13.3. The standard InChI is InChI=1S/C19H29NO/c1-2-3-11-19(21)12-13-20-15-17(9-10-18(20)14-19)16-7-5-4-6-8-16/h4-8,17-18,21H,2-3,9-15H2,1H3/t17-,18+,19-/m0/s1. The van der Waals surface area contributed by atoms with Crippen LogP contribution in [-0.4, -0.2) is 34.7 Å². The van der Waals surface area contributed by atoms with Gasteiger partial charge in [-0.2, -0.15) is 0 Å². The van der Waals surface area contributed by atoms with Gasteiger partial charge in [-0.1, -0.05) is 50.1 Å². The second-order valence-electron chi connectivity index (χ2n) is 7.12. The number of hydrogen-bond acceptors (Lipinski definition) is 2. The fourth-order valence-corrected chi connectivity index (χ4v) is 4.23. The fraction of sp³-hybridized carbons (Fsp3) is 0.684. The zero-order chi connectivity index (χ0) is 14.7. The van der Waals surface area contributed by atoms with E-state index in [-0.39, 0.29) is 5.60 Å². The number of unbranched alkanes of at least 4 members (excludes halogenated alkanes) is 1. The third-order valence-corrected chi connectivity index (χ3v) is 5.57. The van der Waals surface area contributed by atoms with Gasteiger partial charge < -0.3 is 5.11 Å². The van der Waals surface area contributed by atoms with Crippen molar-refractivity contribution >= 4 is 0 Å². The summed E-state index contributed by atoms with van der Waals surface area (Å²) in [5.74, 6) is 0.685. The van der Waals surface area contributed by atoms with Crippen molar-refractivity contribution in [1.29, 1.82) is 0 Å². The van der Waals surface area contributed by atoms with Gasteiger partial charge in [0.25, 0.3) is 0 Å². The maximum absolute atomic E-state index is 10.8. The van der Waals surface area contributed by atoms with E-state index in [1.54, 1.807) is 0 Å². The molecule has 0 radical (unpaired) electrons. The van der Waals surface area contributed by atoms with Gasteiger partial charge in [0, 0.05) is 19.1 Å². The Morgan fingerprint density at radius 2 is 2.05 bits per heavy atom. The molecule has 2 nitrogen and oxygen atoms in total. The molecule has 1 aromatic carbocycles. The van der Waals surface area contributed by atoms with Gasteiger partial charge in [-0.3, -0.25) is 4.90 Å². The van der Waals surface area contributed by atoms with Crippen molar-refractivity contribution in [2.45, 2.75) is 69.4 Å². The summed E-state index contributed by atoms with van der Waals surface area (Å²) >= 11 is 0. The fourth-order valence-electron chi connectivity index (χ4n) is 4.23. The number of nitrogens with zero attached hydrogens (tertiary/aromatic N) is 1. The van der Waals surface area contributed by atoms with Gasteiger partial charge in [0.1, 0.15) is 0 Å². The Bertz CT molecular complexity index is 446. The third-order valence-electron chi connectivity index (χ3n) is 5.57. The highest BCUT2D eigenvalue weighted by molar-refractivity contribution is 5.21. The lowest BCUT2D eigenvalue weighted by atomic mass is 9.77. The van der Waals surface area contributed by atoms with Crippen LogP contribution in [0.5, 0.6) is 0 Å². The van der Waals surface area contributed by atoms with Gasteiger partial charge in [0.15, 0.2) is 0 Å². The molecule has 0 spiro atoms. The van der Waals surface area contributed by atoms with Crippen LogP contribution >= 0.6 is 0 Å². The normalized spacial score (nSPS) is 33.6. The first kappa shape index (κ1) is 15.1. The van der Waals surface area contributed by atoms with Crippen LogP contribution in [0.3, 0.4) is 0 Å². The van der Waals surface area contributed by atoms with Crippen molar-refractivity contribution in [2.24, 2.45) is 0 Å². The molecule has 0 saturated carbocycles. The van der Waals surface area contributed by atoms with Gasteiger partial charge in [-0.15, -0.1) is 0 Å². The summed E-state index contributed by atoms with van der Waals surface area (Å²) in [7, 11) is 0. The number of piperidine rings is 2. The second-order valence-corrected chi connectivity index (χ2v) is 7.12. The lowest BCUT2D eigenvalue weighted by molar-refractivity contribution is -0.0650. The Labute approximate surface area is 129 Å². The van der Waals surface area contributed by atoms with E-state index in [9.17, 15) is 5.11 Å². The average Bonchev–Trinajstić information content (AvgIpc) is 2.53. The topological polar surface area (TPSA) is 23.5 Å². The van der Waals surface area contributed by atoms with Gasteiger partial charge in [0.05, 0.1) is 5.60 Å². The van der Waals surface area contributed by atoms with E-state index in [0.29, 0.717) is 12.0 Å². The van der Waals surface area contributed by atoms with E-state index in [4.69, 9.17) is 0 Å². The number of rotatable bonds is 4. The van der Waals surface area contributed by atoms with E-state index >= 15 is 0 Å². The summed E-state index contributed by atoms with van der Waals surface area (Å²) in [6.45, 7) is 4.47. The summed E-state index contributed by atoms with van der Waals surface area (Å²) in [6.07, 6.45) is 7.82. The molecule has 3 rings (SSSR count). The molecule has 1 N–H and O–H groups in total. The quantitative estimate of drug-likeness (QED) is 0.906. The Morgan fingerprint density at radius 3 is 2.81 bits per heavy atom. The lowest BCUT2D eigenvalue weighted by Gasteiger charge is -2.48. The highest BCUT2D eigenvalue weighted by atomic mass is 16.3. The molecule has 3 atom stereocenters.